The van der Waals surface area contributed by atoms with Crippen molar-refractivity contribution in [1.29, 1.82) is 5.41 Å². The summed E-state index contributed by atoms with van der Waals surface area (Å²) in [4.78, 5) is 33.9. The Morgan fingerprint density at radius 3 is 2.67 bits per heavy atom. The number of aromatic nitrogens is 3. The average molecular weight is 652 g/mol. The van der Waals surface area contributed by atoms with Gasteiger partial charge in [-0.1, -0.05) is 23.7 Å². The molecular formula is C32H39ClFN9O3. The Morgan fingerprint density at radius 2 is 1.98 bits per heavy atom. The number of halogens is 2. The molecule has 2 atom stereocenters. The average Bonchev–Trinajstić information content (AvgIpc) is 3.63. The third kappa shape index (κ3) is 8.22. The first-order chi connectivity index (χ1) is 22.1. The second kappa shape index (κ2) is 14.8. The molecule has 14 heteroatoms. The number of nitrogens with zero attached hydrogens (tertiary/aromatic N) is 3. The van der Waals surface area contributed by atoms with Crippen LogP contribution in [-0.2, 0) is 17.8 Å². The van der Waals surface area contributed by atoms with Gasteiger partial charge in [-0.3, -0.25) is 9.98 Å². The van der Waals surface area contributed by atoms with Gasteiger partial charge in [-0.05, 0) is 74.1 Å². The fourth-order valence-electron chi connectivity index (χ4n) is 5.40. The van der Waals surface area contributed by atoms with E-state index in [1.165, 1.54) is 4.57 Å². The van der Waals surface area contributed by atoms with Crippen LogP contribution in [0.15, 0.2) is 53.5 Å². The molecule has 0 radical (unpaired) electrons. The fourth-order valence-corrected chi connectivity index (χ4v) is 5.64. The summed E-state index contributed by atoms with van der Waals surface area (Å²) in [5.74, 6) is -0.698. The number of carbonyl (C=O) groups excluding carboxylic acids is 1. The number of guanidine groups is 1. The van der Waals surface area contributed by atoms with E-state index in [1.54, 1.807) is 41.4 Å². The molecule has 244 valence electrons. The lowest BCUT2D eigenvalue weighted by molar-refractivity contribution is 0.0341. The largest absolute Gasteiger partial charge is 0.372 e. The van der Waals surface area contributed by atoms with Crippen LogP contribution in [0.25, 0.3) is 28.0 Å². The standard InChI is InChI=1S/C32H39ClFN9O3/c1-19(35)3-2-4-21-13-25(28(34)26(33)14-21)27-15-22-17-43(32(45)41-29(22)40-27)23-7-5-20(6-8-23)18-46-24(16-39-30(36)37)9-11-42-12-10-38-31(42)44/h5-8,13-15,17,19,24H,2-4,9-12,16,18,35H2,1H3,(H,38,44)(H4,36,37,39)(H,40,41,45)/t19-,24+/m0/s1. The van der Waals surface area contributed by atoms with Crippen LogP contribution >= 0.6 is 11.6 Å². The molecule has 0 bridgehead atoms. The van der Waals surface area contributed by atoms with Crippen molar-refractivity contribution in [3.63, 3.8) is 0 Å². The highest BCUT2D eigenvalue weighted by molar-refractivity contribution is 6.31. The summed E-state index contributed by atoms with van der Waals surface area (Å²) < 4.78 is 22.7. The summed E-state index contributed by atoms with van der Waals surface area (Å²) in [5.41, 5.74) is 14.3. The Balaban J connectivity index is 1.29. The SMILES string of the molecule is C[C@H](N)CCCc1cc(Cl)c(F)c(-c2cc3cn(-c4ccc(CO[C@H](CCN5CCNC5=O)CNC(=N)N)cc4)c(=O)nc3[nH]2)c1. The topological polar surface area (TPSA) is 180 Å². The predicted octanol–water partition coefficient (Wildman–Crippen LogP) is 3.63. The van der Waals surface area contributed by atoms with Gasteiger partial charge in [-0.15, -0.1) is 0 Å². The summed E-state index contributed by atoms with van der Waals surface area (Å²) in [6.45, 7) is 4.35. The number of nitrogens with one attached hydrogen (secondary N) is 4. The van der Waals surface area contributed by atoms with E-state index in [0.29, 0.717) is 67.0 Å². The van der Waals surface area contributed by atoms with Gasteiger partial charge in [-0.2, -0.15) is 4.98 Å². The number of hydrogen-bond acceptors (Lipinski definition) is 6. The van der Waals surface area contributed by atoms with Crippen LogP contribution in [0.5, 0.6) is 0 Å². The lowest BCUT2D eigenvalue weighted by Crippen LogP contribution is -2.39. The molecule has 4 aromatic rings. The van der Waals surface area contributed by atoms with Crippen LogP contribution in [0.1, 0.15) is 37.3 Å². The van der Waals surface area contributed by atoms with E-state index < -0.39 is 11.5 Å². The van der Waals surface area contributed by atoms with Crippen molar-refractivity contribution in [2.75, 3.05) is 26.2 Å². The maximum atomic E-state index is 15.1. The van der Waals surface area contributed by atoms with Crippen LogP contribution in [-0.4, -0.2) is 69.8 Å². The number of amides is 2. The molecule has 12 nitrogen and oxygen atoms in total. The Morgan fingerprint density at radius 1 is 1.20 bits per heavy atom. The Kier molecular flexibility index (Phi) is 10.6. The smallest absolute Gasteiger partial charge is 0.354 e. The normalized spacial score (nSPS) is 14.4. The summed E-state index contributed by atoms with van der Waals surface area (Å²) in [6, 6.07) is 12.4. The van der Waals surface area contributed by atoms with E-state index in [0.717, 1.165) is 24.0 Å². The number of carbonyl (C=O) groups is 1. The molecule has 1 aliphatic heterocycles. The van der Waals surface area contributed by atoms with Crippen molar-refractivity contribution in [3.8, 4) is 16.9 Å². The number of benzene rings is 2. The number of ether oxygens (including phenoxy) is 1. The van der Waals surface area contributed by atoms with Crippen LogP contribution in [0.2, 0.25) is 5.02 Å². The molecule has 2 aromatic heterocycles. The van der Waals surface area contributed by atoms with Gasteiger partial charge in [0.1, 0.15) is 5.65 Å². The summed E-state index contributed by atoms with van der Waals surface area (Å²) in [6.07, 6.45) is 4.36. The quantitative estimate of drug-likeness (QED) is 0.0889. The monoisotopic (exact) mass is 651 g/mol. The second-order valence-corrected chi connectivity index (χ2v) is 12.0. The molecule has 1 aliphatic rings. The highest BCUT2D eigenvalue weighted by Crippen LogP contribution is 2.31. The zero-order valence-electron chi connectivity index (χ0n) is 25.6. The molecule has 46 heavy (non-hydrogen) atoms. The zero-order chi connectivity index (χ0) is 32.8. The lowest BCUT2D eigenvalue weighted by atomic mass is 10.0. The number of fused-ring (bicyclic) bond motifs is 1. The molecule has 2 amide bonds. The van der Waals surface area contributed by atoms with Crippen molar-refractivity contribution in [2.45, 2.75) is 51.4 Å². The molecule has 0 aliphatic carbocycles. The molecule has 1 fully saturated rings. The van der Waals surface area contributed by atoms with Crippen molar-refractivity contribution < 1.29 is 13.9 Å². The van der Waals surface area contributed by atoms with Crippen LogP contribution < -0.4 is 27.8 Å². The number of nitrogens with two attached hydrogens (primary N) is 2. The van der Waals surface area contributed by atoms with E-state index in [-0.39, 0.29) is 35.8 Å². The van der Waals surface area contributed by atoms with Crippen LogP contribution in [0.4, 0.5) is 9.18 Å². The highest BCUT2D eigenvalue weighted by Gasteiger charge is 2.21. The van der Waals surface area contributed by atoms with Gasteiger partial charge < -0.3 is 36.7 Å². The Labute approximate surface area is 270 Å². The first-order valence-electron chi connectivity index (χ1n) is 15.2. The number of aryl methyl sites for hydroxylation is 1. The maximum absolute atomic E-state index is 15.1. The molecule has 0 spiro atoms. The van der Waals surface area contributed by atoms with Gasteiger partial charge in [0.05, 0.1) is 29.1 Å². The van der Waals surface area contributed by atoms with E-state index in [4.69, 9.17) is 33.2 Å². The molecular weight excluding hydrogens is 613 g/mol. The fraction of sp³-hybridized carbons (Fsp3) is 0.375. The molecule has 2 aromatic carbocycles. The minimum atomic E-state index is -0.543. The number of hydrogen-bond donors (Lipinski definition) is 6. The van der Waals surface area contributed by atoms with Gasteiger partial charge in [-0.25, -0.2) is 14.0 Å². The van der Waals surface area contributed by atoms with E-state index >= 15 is 4.39 Å². The van der Waals surface area contributed by atoms with Crippen LogP contribution in [0, 0.1) is 11.2 Å². The van der Waals surface area contributed by atoms with Crippen molar-refractivity contribution >= 4 is 34.6 Å². The first kappa shape index (κ1) is 32.9. The van der Waals surface area contributed by atoms with Gasteiger partial charge in [0, 0.05) is 49.4 Å². The highest BCUT2D eigenvalue weighted by atomic mass is 35.5. The van der Waals surface area contributed by atoms with Crippen molar-refractivity contribution in [1.82, 2.24) is 30.1 Å². The molecule has 3 heterocycles. The van der Waals surface area contributed by atoms with Gasteiger partial charge >= 0.3 is 11.7 Å². The molecule has 8 N–H and O–H groups in total. The number of H-pyrrole nitrogens is 1. The summed E-state index contributed by atoms with van der Waals surface area (Å²) in [7, 11) is 0. The number of urea groups is 1. The van der Waals surface area contributed by atoms with E-state index in [1.807, 2.05) is 19.1 Å². The third-order valence-electron chi connectivity index (χ3n) is 7.90. The minimum Gasteiger partial charge on any atom is -0.372 e. The molecule has 5 rings (SSSR count). The van der Waals surface area contributed by atoms with Crippen molar-refractivity contribution in [2.24, 2.45) is 11.5 Å². The molecule has 0 unspecified atom stereocenters. The third-order valence-corrected chi connectivity index (χ3v) is 8.17. The first-order valence-corrected chi connectivity index (χ1v) is 15.6. The second-order valence-electron chi connectivity index (χ2n) is 11.6. The van der Waals surface area contributed by atoms with Gasteiger partial charge in [0.15, 0.2) is 11.8 Å². The zero-order valence-corrected chi connectivity index (χ0v) is 26.4. The predicted molar refractivity (Wildman–Crippen MR) is 177 cm³/mol. The Hall–Kier alpha value is -4.46. The minimum absolute atomic E-state index is 0.0315. The maximum Gasteiger partial charge on any atom is 0.354 e. The Bertz CT molecular complexity index is 1760. The van der Waals surface area contributed by atoms with Crippen LogP contribution in [0.3, 0.4) is 0 Å². The van der Waals surface area contributed by atoms with E-state index in [9.17, 15) is 9.59 Å². The lowest BCUT2D eigenvalue weighted by Gasteiger charge is -2.22. The number of rotatable bonds is 14. The van der Waals surface area contributed by atoms with Gasteiger partial charge in [0.2, 0.25) is 0 Å². The molecule has 1 saturated heterocycles. The van der Waals surface area contributed by atoms with E-state index in [2.05, 4.69) is 20.6 Å². The molecule has 0 saturated carbocycles. The van der Waals surface area contributed by atoms with Gasteiger partial charge in [0.25, 0.3) is 0 Å². The van der Waals surface area contributed by atoms with Crippen molar-refractivity contribution in [3.05, 3.63) is 81.1 Å². The summed E-state index contributed by atoms with van der Waals surface area (Å²) in [5, 5.41) is 13.7. The number of aromatic amines is 1. The summed E-state index contributed by atoms with van der Waals surface area (Å²) >= 11 is 6.24.